The van der Waals surface area contributed by atoms with E-state index in [1.807, 2.05) is 24.3 Å². The predicted octanol–water partition coefficient (Wildman–Crippen LogP) is 5.77. The standard InChI is InChI=1S/C18H14ClF3N2S/c19-15-8-4-2-6-13(15)16-10-24-17(25-16)11-23-9-12-5-1-3-7-14(12)18(20,21)22/h1-8,10,23H,9,11H2. The van der Waals surface area contributed by atoms with Crippen LogP contribution in [0.15, 0.2) is 54.7 Å². The third-order valence-electron chi connectivity index (χ3n) is 3.61. The Kier molecular flexibility index (Phi) is 5.42. The summed E-state index contributed by atoms with van der Waals surface area (Å²) < 4.78 is 38.9. The molecule has 0 bridgehead atoms. The molecule has 0 aliphatic carbocycles. The van der Waals surface area contributed by atoms with Gasteiger partial charge in [0.15, 0.2) is 0 Å². The third kappa shape index (κ3) is 4.39. The Labute approximate surface area is 152 Å². The highest BCUT2D eigenvalue weighted by Crippen LogP contribution is 2.33. The van der Waals surface area contributed by atoms with Crippen LogP contribution in [0.1, 0.15) is 16.1 Å². The Balaban J connectivity index is 1.66. The van der Waals surface area contributed by atoms with E-state index >= 15 is 0 Å². The molecule has 3 aromatic rings. The molecule has 0 atom stereocenters. The monoisotopic (exact) mass is 382 g/mol. The summed E-state index contributed by atoms with van der Waals surface area (Å²) >= 11 is 7.63. The lowest BCUT2D eigenvalue weighted by Gasteiger charge is -2.12. The van der Waals surface area contributed by atoms with Gasteiger partial charge in [0.05, 0.1) is 10.4 Å². The molecule has 3 rings (SSSR count). The average molecular weight is 383 g/mol. The molecule has 2 aromatic carbocycles. The fourth-order valence-corrected chi connectivity index (χ4v) is 3.65. The van der Waals surface area contributed by atoms with Crippen molar-refractivity contribution in [3.05, 3.63) is 75.9 Å². The SMILES string of the molecule is FC(F)(F)c1ccccc1CNCc1ncc(-c2ccccc2Cl)s1. The molecule has 0 spiro atoms. The molecule has 25 heavy (non-hydrogen) atoms. The number of nitrogens with zero attached hydrogens (tertiary/aromatic N) is 1. The number of benzene rings is 2. The largest absolute Gasteiger partial charge is 0.416 e. The van der Waals surface area contributed by atoms with Crippen molar-refractivity contribution in [1.29, 1.82) is 0 Å². The molecule has 0 fully saturated rings. The summed E-state index contributed by atoms with van der Waals surface area (Å²) in [5, 5.41) is 4.46. The van der Waals surface area contributed by atoms with Crippen LogP contribution in [-0.4, -0.2) is 4.98 Å². The number of thiazole rings is 1. The molecular weight excluding hydrogens is 369 g/mol. The summed E-state index contributed by atoms with van der Waals surface area (Å²) in [5.41, 5.74) is 0.506. The molecule has 1 N–H and O–H groups in total. The fourth-order valence-electron chi connectivity index (χ4n) is 2.43. The minimum Gasteiger partial charge on any atom is -0.306 e. The van der Waals surface area contributed by atoms with Crippen LogP contribution in [0.2, 0.25) is 5.02 Å². The second kappa shape index (κ2) is 7.56. The summed E-state index contributed by atoms with van der Waals surface area (Å²) in [5.74, 6) is 0. The fraction of sp³-hybridized carbons (Fsp3) is 0.167. The van der Waals surface area contributed by atoms with E-state index in [9.17, 15) is 13.2 Å². The van der Waals surface area contributed by atoms with E-state index in [1.54, 1.807) is 12.3 Å². The highest BCUT2D eigenvalue weighted by molar-refractivity contribution is 7.15. The number of nitrogens with one attached hydrogen (secondary N) is 1. The number of hydrogen-bond donors (Lipinski definition) is 1. The molecule has 0 unspecified atom stereocenters. The minimum atomic E-state index is -4.35. The van der Waals surface area contributed by atoms with Crippen molar-refractivity contribution < 1.29 is 13.2 Å². The minimum absolute atomic E-state index is 0.122. The van der Waals surface area contributed by atoms with Crippen molar-refractivity contribution in [1.82, 2.24) is 10.3 Å². The van der Waals surface area contributed by atoms with E-state index in [0.29, 0.717) is 11.6 Å². The van der Waals surface area contributed by atoms with Crippen LogP contribution in [0, 0.1) is 0 Å². The number of halogens is 4. The van der Waals surface area contributed by atoms with Gasteiger partial charge in [0.1, 0.15) is 5.01 Å². The van der Waals surface area contributed by atoms with Crippen LogP contribution in [0.4, 0.5) is 13.2 Å². The van der Waals surface area contributed by atoms with Crippen LogP contribution in [0.3, 0.4) is 0 Å². The highest BCUT2D eigenvalue weighted by Gasteiger charge is 2.32. The summed E-state index contributed by atoms with van der Waals surface area (Å²) in [6.07, 6.45) is -2.62. The molecule has 130 valence electrons. The van der Waals surface area contributed by atoms with Gasteiger partial charge in [-0.3, -0.25) is 0 Å². The highest BCUT2D eigenvalue weighted by atomic mass is 35.5. The first-order valence-electron chi connectivity index (χ1n) is 7.50. The second-order valence-electron chi connectivity index (χ2n) is 5.36. The van der Waals surface area contributed by atoms with Gasteiger partial charge in [0.25, 0.3) is 0 Å². The topological polar surface area (TPSA) is 24.9 Å². The Morgan fingerprint density at radius 2 is 1.72 bits per heavy atom. The molecule has 0 aliphatic rings. The molecule has 0 saturated heterocycles. The van der Waals surface area contributed by atoms with Gasteiger partial charge in [-0.05, 0) is 17.7 Å². The van der Waals surface area contributed by atoms with Crippen molar-refractivity contribution in [2.45, 2.75) is 19.3 Å². The van der Waals surface area contributed by atoms with E-state index in [0.717, 1.165) is 21.5 Å². The van der Waals surface area contributed by atoms with Gasteiger partial charge in [-0.15, -0.1) is 11.3 Å². The summed E-state index contributed by atoms with van der Waals surface area (Å²) in [4.78, 5) is 5.24. The van der Waals surface area contributed by atoms with Gasteiger partial charge in [-0.25, -0.2) is 4.98 Å². The van der Waals surface area contributed by atoms with Crippen LogP contribution < -0.4 is 5.32 Å². The van der Waals surface area contributed by atoms with Crippen LogP contribution in [0.5, 0.6) is 0 Å². The van der Waals surface area contributed by atoms with Gasteiger partial charge in [-0.1, -0.05) is 48.0 Å². The molecule has 0 aliphatic heterocycles. The van der Waals surface area contributed by atoms with Crippen LogP contribution in [-0.2, 0) is 19.3 Å². The molecule has 1 aromatic heterocycles. The third-order valence-corrected chi connectivity index (χ3v) is 4.97. The van der Waals surface area contributed by atoms with Gasteiger partial charge < -0.3 is 5.32 Å². The van der Waals surface area contributed by atoms with E-state index < -0.39 is 11.7 Å². The lowest BCUT2D eigenvalue weighted by Crippen LogP contribution is -2.17. The smallest absolute Gasteiger partial charge is 0.306 e. The molecule has 2 nitrogen and oxygen atoms in total. The van der Waals surface area contributed by atoms with Gasteiger partial charge in [0, 0.05) is 29.9 Å². The molecule has 7 heteroatoms. The predicted molar refractivity (Wildman–Crippen MR) is 94.5 cm³/mol. The average Bonchev–Trinajstić information content (AvgIpc) is 3.03. The summed E-state index contributed by atoms with van der Waals surface area (Å²) in [6.45, 7) is 0.512. The second-order valence-corrected chi connectivity index (χ2v) is 6.88. The molecule has 0 radical (unpaired) electrons. The van der Waals surface area contributed by atoms with Crippen molar-refractivity contribution in [2.75, 3.05) is 0 Å². The van der Waals surface area contributed by atoms with Crippen LogP contribution >= 0.6 is 22.9 Å². The first-order chi connectivity index (χ1) is 11.9. The van der Waals surface area contributed by atoms with Gasteiger partial charge in [-0.2, -0.15) is 13.2 Å². The summed E-state index contributed by atoms with van der Waals surface area (Å²) in [6, 6.07) is 13.0. The van der Waals surface area contributed by atoms with Gasteiger partial charge in [0.2, 0.25) is 0 Å². The number of hydrogen-bond acceptors (Lipinski definition) is 3. The van der Waals surface area contributed by atoms with Gasteiger partial charge >= 0.3 is 6.18 Å². The number of alkyl halides is 3. The maximum absolute atomic E-state index is 13.0. The van der Waals surface area contributed by atoms with E-state index in [1.165, 1.54) is 23.5 Å². The quantitative estimate of drug-likeness (QED) is 0.605. The molecular formula is C18H14ClF3N2S. The van der Waals surface area contributed by atoms with E-state index in [4.69, 9.17) is 11.6 Å². The normalized spacial score (nSPS) is 11.7. The first-order valence-corrected chi connectivity index (χ1v) is 8.70. The van der Waals surface area contributed by atoms with Crippen molar-refractivity contribution >= 4 is 22.9 Å². The number of aromatic nitrogens is 1. The molecule has 1 heterocycles. The Morgan fingerprint density at radius 3 is 2.48 bits per heavy atom. The van der Waals surface area contributed by atoms with Crippen LogP contribution in [0.25, 0.3) is 10.4 Å². The zero-order valence-electron chi connectivity index (χ0n) is 13.0. The Morgan fingerprint density at radius 1 is 1.00 bits per heavy atom. The molecule has 0 amide bonds. The maximum atomic E-state index is 13.0. The van der Waals surface area contributed by atoms with E-state index in [-0.39, 0.29) is 12.1 Å². The first kappa shape index (κ1) is 17.9. The molecule has 0 saturated carbocycles. The van der Waals surface area contributed by atoms with Crippen molar-refractivity contribution in [2.24, 2.45) is 0 Å². The zero-order valence-corrected chi connectivity index (χ0v) is 14.6. The van der Waals surface area contributed by atoms with Crippen molar-refractivity contribution in [3.63, 3.8) is 0 Å². The Hall–Kier alpha value is -1.89. The number of rotatable bonds is 5. The lowest BCUT2D eigenvalue weighted by molar-refractivity contribution is -0.138. The summed E-state index contributed by atoms with van der Waals surface area (Å²) in [7, 11) is 0. The van der Waals surface area contributed by atoms with E-state index in [2.05, 4.69) is 10.3 Å². The zero-order chi connectivity index (χ0) is 17.9. The lowest BCUT2D eigenvalue weighted by atomic mass is 10.1. The maximum Gasteiger partial charge on any atom is 0.416 e. The van der Waals surface area contributed by atoms with Crippen molar-refractivity contribution in [3.8, 4) is 10.4 Å². The Bertz CT molecular complexity index is 861.